The van der Waals surface area contributed by atoms with Gasteiger partial charge in [0.05, 0.1) is 18.2 Å². The van der Waals surface area contributed by atoms with Crippen molar-refractivity contribution in [3.8, 4) is 5.75 Å². The van der Waals surface area contributed by atoms with E-state index in [0.29, 0.717) is 6.61 Å². The summed E-state index contributed by atoms with van der Waals surface area (Å²) in [5, 5.41) is 6.25. The topological polar surface area (TPSA) is 50.4 Å². The van der Waals surface area contributed by atoms with Gasteiger partial charge in [-0.05, 0) is 50.9 Å². The number of carbonyl (C=O) groups is 1. The molecule has 2 N–H and O–H groups in total. The Balaban J connectivity index is 0.00000200. The number of carbonyl (C=O) groups excluding carboxylic acids is 1. The van der Waals surface area contributed by atoms with Gasteiger partial charge in [0.2, 0.25) is 5.91 Å². The molecule has 1 amide bonds. The van der Waals surface area contributed by atoms with Crippen molar-refractivity contribution in [1.82, 2.24) is 5.32 Å². The molecule has 4 nitrogen and oxygen atoms in total. The number of hydrogen-bond donors (Lipinski definition) is 2. The molecule has 5 heteroatoms. The first-order chi connectivity index (χ1) is 9.20. The van der Waals surface area contributed by atoms with E-state index >= 15 is 0 Å². The fourth-order valence-corrected chi connectivity index (χ4v) is 2.32. The van der Waals surface area contributed by atoms with Crippen molar-refractivity contribution in [3.05, 3.63) is 23.8 Å². The largest absolute Gasteiger partial charge is 0.492 e. The van der Waals surface area contributed by atoms with Crippen LogP contribution in [0, 0.1) is 12.8 Å². The quantitative estimate of drug-likeness (QED) is 0.898. The summed E-state index contributed by atoms with van der Waals surface area (Å²) in [5.41, 5.74) is 1.89. The lowest BCUT2D eigenvalue weighted by Gasteiger charge is -2.22. The zero-order valence-electron chi connectivity index (χ0n) is 12.1. The van der Waals surface area contributed by atoms with Crippen LogP contribution in [0.25, 0.3) is 0 Å². The van der Waals surface area contributed by atoms with E-state index in [2.05, 4.69) is 10.6 Å². The highest BCUT2D eigenvalue weighted by molar-refractivity contribution is 5.94. The minimum atomic E-state index is 0. The van der Waals surface area contributed by atoms with Crippen molar-refractivity contribution in [3.63, 3.8) is 0 Å². The molecule has 2 rings (SSSR count). The molecule has 0 bridgehead atoms. The van der Waals surface area contributed by atoms with Crippen molar-refractivity contribution >= 4 is 24.0 Å². The van der Waals surface area contributed by atoms with Gasteiger partial charge in [-0.2, -0.15) is 0 Å². The van der Waals surface area contributed by atoms with Crippen LogP contribution in [0.4, 0.5) is 5.69 Å². The fourth-order valence-electron chi connectivity index (χ4n) is 2.32. The maximum atomic E-state index is 12.2. The Hall–Kier alpha value is -1.26. The van der Waals surface area contributed by atoms with E-state index in [0.717, 1.165) is 42.9 Å². The summed E-state index contributed by atoms with van der Waals surface area (Å²) in [7, 11) is 0. The highest BCUT2D eigenvalue weighted by Crippen LogP contribution is 2.26. The van der Waals surface area contributed by atoms with Crippen molar-refractivity contribution < 1.29 is 9.53 Å². The van der Waals surface area contributed by atoms with Gasteiger partial charge in [0, 0.05) is 6.54 Å². The van der Waals surface area contributed by atoms with Crippen LogP contribution in [0.2, 0.25) is 0 Å². The highest BCUT2D eigenvalue weighted by atomic mass is 35.5. The molecule has 0 aliphatic carbocycles. The van der Waals surface area contributed by atoms with E-state index in [1.165, 1.54) is 0 Å². The summed E-state index contributed by atoms with van der Waals surface area (Å²) < 4.78 is 5.58. The molecule has 0 spiro atoms. The Labute approximate surface area is 126 Å². The minimum absolute atomic E-state index is 0. The van der Waals surface area contributed by atoms with E-state index < -0.39 is 0 Å². The first-order valence-corrected chi connectivity index (χ1v) is 6.95. The average molecular weight is 299 g/mol. The number of amides is 1. The number of aryl methyl sites for hydroxylation is 1. The molecule has 0 unspecified atom stereocenters. The average Bonchev–Trinajstić information content (AvgIpc) is 2.43. The molecule has 0 saturated carbocycles. The zero-order valence-corrected chi connectivity index (χ0v) is 12.9. The fraction of sp³-hybridized carbons (Fsp3) is 0.533. The van der Waals surface area contributed by atoms with Crippen LogP contribution < -0.4 is 15.4 Å². The smallest absolute Gasteiger partial charge is 0.228 e. The standard InChI is InChI=1S/C15H22N2O2.ClH/c1-3-19-14-9-11(2)6-7-13(14)17-15(18)12-5-4-8-16-10-12;/h6-7,9,12,16H,3-5,8,10H2,1-2H3,(H,17,18);1H/t12-;/m1./s1. The number of halogens is 1. The van der Waals surface area contributed by atoms with E-state index in [1.54, 1.807) is 0 Å². The maximum Gasteiger partial charge on any atom is 0.228 e. The van der Waals surface area contributed by atoms with E-state index in [4.69, 9.17) is 4.74 Å². The maximum absolute atomic E-state index is 12.2. The Morgan fingerprint density at radius 1 is 1.50 bits per heavy atom. The molecule has 1 fully saturated rings. The van der Waals surface area contributed by atoms with Crippen molar-refractivity contribution in [2.75, 3.05) is 25.0 Å². The summed E-state index contributed by atoms with van der Waals surface area (Å²) in [6.45, 7) is 6.33. The number of benzene rings is 1. The highest BCUT2D eigenvalue weighted by Gasteiger charge is 2.21. The lowest BCUT2D eigenvalue weighted by Crippen LogP contribution is -2.37. The van der Waals surface area contributed by atoms with Gasteiger partial charge in [0.15, 0.2) is 0 Å². The molecular weight excluding hydrogens is 276 g/mol. The summed E-state index contributed by atoms with van der Waals surface area (Å²) in [6.07, 6.45) is 2.01. The van der Waals surface area contributed by atoms with Gasteiger partial charge in [-0.15, -0.1) is 12.4 Å². The van der Waals surface area contributed by atoms with Gasteiger partial charge in [-0.25, -0.2) is 0 Å². The lowest BCUT2D eigenvalue weighted by molar-refractivity contribution is -0.120. The van der Waals surface area contributed by atoms with E-state index in [9.17, 15) is 4.79 Å². The van der Waals surface area contributed by atoms with Gasteiger partial charge in [0.25, 0.3) is 0 Å². The summed E-state index contributed by atoms with van der Waals surface area (Å²) in [6, 6.07) is 5.85. The zero-order chi connectivity index (χ0) is 13.7. The van der Waals surface area contributed by atoms with Crippen LogP contribution in [0.3, 0.4) is 0 Å². The molecule has 1 aromatic rings. The molecule has 1 atom stereocenters. The molecule has 1 heterocycles. The SMILES string of the molecule is CCOc1cc(C)ccc1NC(=O)[C@@H]1CCCNC1.Cl. The predicted octanol–water partition coefficient (Wildman–Crippen LogP) is 2.75. The molecule has 1 aromatic carbocycles. The second kappa shape index (κ2) is 8.12. The number of piperidine rings is 1. The summed E-state index contributed by atoms with van der Waals surface area (Å²) >= 11 is 0. The predicted molar refractivity (Wildman–Crippen MR) is 83.8 cm³/mol. The van der Waals surface area contributed by atoms with E-state index in [1.807, 2.05) is 32.0 Å². The Bertz CT molecular complexity index is 445. The van der Waals surface area contributed by atoms with Crippen molar-refractivity contribution in [2.45, 2.75) is 26.7 Å². The number of nitrogens with one attached hydrogen (secondary N) is 2. The number of ether oxygens (including phenoxy) is 1. The first kappa shape index (κ1) is 16.8. The molecular formula is C15H23ClN2O2. The monoisotopic (exact) mass is 298 g/mol. The van der Waals surface area contributed by atoms with Crippen molar-refractivity contribution in [2.24, 2.45) is 5.92 Å². The second-order valence-electron chi connectivity index (χ2n) is 4.97. The molecule has 0 aromatic heterocycles. The summed E-state index contributed by atoms with van der Waals surface area (Å²) in [4.78, 5) is 12.2. The molecule has 1 aliphatic rings. The molecule has 0 radical (unpaired) electrons. The third-order valence-corrected chi connectivity index (χ3v) is 3.36. The second-order valence-corrected chi connectivity index (χ2v) is 4.97. The van der Waals surface area contributed by atoms with Gasteiger partial charge in [-0.3, -0.25) is 4.79 Å². The Morgan fingerprint density at radius 2 is 2.30 bits per heavy atom. The Morgan fingerprint density at radius 3 is 2.95 bits per heavy atom. The number of anilines is 1. The van der Waals surface area contributed by atoms with Gasteiger partial charge in [0.1, 0.15) is 5.75 Å². The molecule has 1 aliphatic heterocycles. The first-order valence-electron chi connectivity index (χ1n) is 6.95. The number of rotatable bonds is 4. The van der Waals surface area contributed by atoms with Gasteiger partial charge < -0.3 is 15.4 Å². The third kappa shape index (κ3) is 4.39. The molecule has 112 valence electrons. The van der Waals surface area contributed by atoms with Crippen LogP contribution in [-0.2, 0) is 4.79 Å². The van der Waals surface area contributed by atoms with Crippen molar-refractivity contribution in [1.29, 1.82) is 0 Å². The van der Waals surface area contributed by atoms with Crippen LogP contribution in [0.5, 0.6) is 5.75 Å². The van der Waals surface area contributed by atoms with Crippen LogP contribution in [-0.4, -0.2) is 25.6 Å². The van der Waals surface area contributed by atoms with Crippen LogP contribution in [0.1, 0.15) is 25.3 Å². The van der Waals surface area contributed by atoms with E-state index in [-0.39, 0.29) is 24.2 Å². The lowest BCUT2D eigenvalue weighted by atomic mass is 9.98. The molecule has 20 heavy (non-hydrogen) atoms. The molecule has 1 saturated heterocycles. The number of hydrogen-bond acceptors (Lipinski definition) is 3. The van der Waals surface area contributed by atoms with Gasteiger partial charge in [-0.1, -0.05) is 6.07 Å². The minimum Gasteiger partial charge on any atom is -0.492 e. The Kier molecular flexibility index (Phi) is 6.82. The van der Waals surface area contributed by atoms with Crippen LogP contribution in [0.15, 0.2) is 18.2 Å². The van der Waals surface area contributed by atoms with Gasteiger partial charge >= 0.3 is 0 Å². The normalized spacial score (nSPS) is 18.0. The van der Waals surface area contributed by atoms with Crippen LogP contribution >= 0.6 is 12.4 Å². The third-order valence-electron chi connectivity index (χ3n) is 3.36. The summed E-state index contributed by atoms with van der Waals surface area (Å²) in [5.74, 6) is 0.890.